The van der Waals surface area contributed by atoms with Crippen molar-refractivity contribution in [3.05, 3.63) is 0 Å². The van der Waals surface area contributed by atoms with E-state index in [0.29, 0.717) is 0 Å². The van der Waals surface area contributed by atoms with E-state index in [1.165, 1.54) is 0 Å². The number of carbonyl (C=O) groups is 1. The molecule has 8 heteroatoms. The molecule has 86 valence electrons. The number of aliphatic hydroxyl groups is 2. The number of hydrogen-bond donors (Lipinski definition) is 5. The number of urea groups is 1. The van der Waals surface area contributed by atoms with Crippen LogP contribution in [0.15, 0.2) is 5.10 Å². The van der Waals surface area contributed by atoms with Crippen molar-refractivity contribution in [1.82, 2.24) is 10.6 Å². The minimum absolute atomic E-state index is 0.235. The van der Waals surface area contributed by atoms with E-state index in [2.05, 4.69) is 15.7 Å². The maximum absolute atomic E-state index is 11.1. The van der Waals surface area contributed by atoms with Crippen molar-refractivity contribution in [3.8, 4) is 0 Å². The number of nitrogens with two attached hydrogens (primary N) is 1. The maximum atomic E-state index is 11.1. The fourth-order valence-corrected chi connectivity index (χ4v) is 1.27. The Morgan fingerprint density at radius 1 is 1.73 bits per heavy atom. The standard InChI is InChI=1S/C7H14N4O4/c8-10-3-9-7(14)11-6-1-4(13)5(2-12)15-6/h3-6,12-13H,1-2,8H2,(H2,9,10,11,14). The number of hydrogen-bond acceptors (Lipinski definition) is 6. The number of ether oxygens (including phenoxy) is 1. The average molecular weight is 218 g/mol. The maximum Gasteiger partial charge on any atom is 0.322 e. The summed E-state index contributed by atoms with van der Waals surface area (Å²) in [6.07, 6.45) is -0.798. The third kappa shape index (κ3) is 3.35. The molecule has 3 atom stereocenters. The van der Waals surface area contributed by atoms with Gasteiger partial charge in [-0.25, -0.2) is 4.79 Å². The summed E-state index contributed by atoms with van der Waals surface area (Å²) in [6.45, 7) is -0.286. The van der Waals surface area contributed by atoms with Crippen molar-refractivity contribution in [2.75, 3.05) is 6.61 Å². The summed E-state index contributed by atoms with van der Waals surface area (Å²) in [5.74, 6) is 4.77. The van der Waals surface area contributed by atoms with Crippen molar-refractivity contribution in [1.29, 1.82) is 0 Å². The van der Waals surface area contributed by atoms with E-state index in [1.807, 2.05) is 0 Å². The first-order chi connectivity index (χ1) is 7.17. The van der Waals surface area contributed by atoms with E-state index >= 15 is 0 Å². The summed E-state index contributed by atoms with van der Waals surface area (Å²) in [4.78, 5) is 11.1. The monoisotopic (exact) mass is 218 g/mol. The molecule has 1 rings (SSSR count). The zero-order valence-electron chi connectivity index (χ0n) is 7.96. The molecule has 0 spiro atoms. The van der Waals surface area contributed by atoms with Crippen LogP contribution in [0.1, 0.15) is 6.42 Å². The number of aliphatic hydroxyl groups excluding tert-OH is 2. The van der Waals surface area contributed by atoms with Crippen LogP contribution in [0.2, 0.25) is 0 Å². The van der Waals surface area contributed by atoms with Gasteiger partial charge in [-0.3, -0.25) is 5.32 Å². The summed E-state index contributed by atoms with van der Waals surface area (Å²) in [7, 11) is 0. The Hall–Kier alpha value is -1.38. The Kier molecular flexibility index (Phi) is 4.28. The largest absolute Gasteiger partial charge is 0.394 e. The van der Waals surface area contributed by atoms with Gasteiger partial charge in [-0.2, -0.15) is 5.10 Å². The number of nitrogens with one attached hydrogen (secondary N) is 2. The Bertz CT molecular complexity index is 247. The molecule has 1 heterocycles. The van der Waals surface area contributed by atoms with Crippen molar-refractivity contribution in [2.45, 2.75) is 24.9 Å². The molecule has 1 saturated heterocycles. The van der Waals surface area contributed by atoms with E-state index in [0.717, 1.165) is 6.34 Å². The lowest BCUT2D eigenvalue weighted by molar-refractivity contribution is -0.0271. The lowest BCUT2D eigenvalue weighted by atomic mass is 10.2. The molecule has 1 aliphatic rings. The van der Waals surface area contributed by atoms with Crippen molar-refractivity contribution in [2.24, 2.45) is 10.9 Å². The van der Waals surface area contributed by atoms with Crippen molar-refractivity contribution >= 4 is 12.4 Å². The molecule has 0 radical (unpaired) electrons. The van der Waals surface area contributed by atoms with Gasteiger partial charge in [-0.05, 0) is 0 Å². The molecule has 0 bridgehead atoms. The van der Waals surface area contributed by atoms with Gasteiger partial charge in [-0.1, -0.05) is 0 Å². The van der Waals surface area contributed by atoms with Crippen molar-refractivity contribution in [3.63, 3.8) is 0 Å². The summed E-state index contributed by atoms with van der Waals surface area (Å²) >= 11 is 0. The highest BCUT2D eigenvalue weighted by Crippen LogP contribution is 2.17. The molecule has 0 aliphatic carbocycles. The highest BCUT2D eigenvalue weighted by atomic mass is 16.5. The van der Waals surface area contributed by atoms with E-state index in [-0.39, 0.29) is 13.0 Å². The molecule has 1 aliphatic heterocycles. The first kappa shape index (κ1) is 11.7. The van der Waals surface area contributed by atoms with Crippen LogP contribution in [0.3, 0.4) is 0 Å². The fourth-order valence-electron chi connectivity index (χ4n) is 1.27. The van der Waals surface area contributed by atoms with Gasteiger partial charge in [0.1, 0.15) is 18.7 Å². The third-order valence-corrected chi connectivity index (χ3v) is 1.97. The fraction of sp³-hybridized carbons (Fsp3) is 0.714. The summed E-state index contributed by atoms with van der Waals surface area (Å²) in [5, 5.41) is 25.8. The van der Waals surface area contributed by atoms with E-state index in [4.69, 9.17) is 15.7 Å². The van der Waals surface area contributed by atoms with E-state index < -0.39 is 24.5 Å². The second-order valence-electron chi connectivity index (χ2n) is 3.04. The molecule has 3 unspecified atom stereocenters. The van der Waals surface area contributed by atoms with Gasteiger partial charge < -0.3 is 26.1 Å². The lowest BCUT2D eigenvalue weighted by Gasteiger charge is -2.12. The van der Waals surface area contributed by atoms with Crippen LogP contribution in [0, 0.1) is 0 Å². The molecule has 2 amide bonds. The summed E-state index contributed by atoms with van der Waals surface area (Å²) in [5.41, 5.74) is 0. The van der Waals surface area contributed by atoms with Crippen LogP contribution in [-0.2, 0) is 4.74 Å². The Morgan fingerprint density at radius 2 is 2.47 bits per heavy atom. The quantitative estimate of drug-likeness (QED) is 0.157. The predicted octanol–water partition coefficient (Wildman–Crippen LogP) is -2.34. The summed E-state index contributed by atoms with van der Waals surface area (Å²) in [6, 6.07) is -0.542. The van der Waals surface area contributed by atoms with Crippen LogP contribution in [0.5, 0.6) is 0 Å². The molecular formula is C7H14N4O4. The number of hydrazone groups is 1. The molecule has 8 nitrogen and oxygen atoms in total. The number of rotatable bonds is 3. The van der Waals surface area contributed by atoms with Gasteiger partial charge >= 0.3 is 6.03 Å². The second kappa shape index (κ2) is 5.49. The predicted molar refractivity (Wildman–Crippen MR) is 50.7 cm³/mol. The van der Waals surface area contributed by atoms with Gasteiger partial charge in [0.15, 0.2) is 0 Å². The second-order valence-corrected chi connectivity index (χ2v) is 3.04. The van der Waals surface area contributed by atoms with Crippen LogP contribution in [0.4, 0.5) is 4.79 Å². The highest BCUT2D eigenvalue weighted by molar-refractivity contribution is 5.86. The van der Waals surface area contributed by atoms with Crippen LogP contribution in [0.25, 0.3) is 0 Å². The number of carbonyl (C=O) groups excluding carboxylic acids is 1. The Balaban J connectivity index is 2.31. The molecular weight excluding hydrogens is 204 g/mol. The van der Waals surface area contributed by atoms with Gasteiger partial charge in [0, 0.05) is 6.42 Å². The highest BCUT2D eigenvalue weighted by Gasteiger charge is 2.33. The molecule has 0 aromatic rings. The van der Waals surface area contributed by atoms with Crippen LogP contribution >= 0.6 is 0 Å². The third-order valence-electron chi connectivity index (χ3n) is 1.97. The zero-order chi connectivity index (χ0) is 11.3. The SMILES string of the molecule is NN=CNC(=O)NC1CC(O)C(CO)O1. The molecule has 0 aromatic carbocycles. The Labute approximate surface area is 86.1 Å². The first-order valence-electron chi connectivity index (χ1n) is 4.40. The van der Waals surface area contributed by atoms with Crippen LogP contribution < -0.4 is 16.5 Å². The van der Waals surface area contributed by atoms with Crippen LogP contribution in [-0.4, -0.2) is 47.6 Å². The minimum atomic E-state index is -0.775. The molecule has 6 N–H and O–H groups in total. The van der Waals surface area contributed by atoms with Gasteiger partial charge in [0.05, 0.1) is 12.7 Å². The van der Waals surface area contributed by atoms with Gasteiger partial charge in [0.2, 0.25) is 0 Å². The lowest BCUT2D eigenvalue weighted by Crippen LogP contribution is -2.41. The van der Waals surface area contributed by atoms with Crippen molar-refractivity contribution < 1.29 is 19.7 Å². The van der Waals surface area contributed by atoms with E-state index in [9.17, 15) is 9.90 Å². The summed E-state index contributed by atoms with van der Waals surface area (Å²) < 4.78 is 5.13. The van der Waals surface area contributed by atoms with Gasteiger partial charge in [-0.15, -0.1) is 0 Å². The normalized spacial score (nSPS) is 30.7. The van der Waals surface area contributed by atoms with Gasteiger partial charge in [0.25, 0.3) is 0 Å². The average Bonchev–Trinajstić information content (AvgIpc) is 2.55. The molecule has 15 heavy (non-hydrogen) atoms. The van der Waals surface area contributed by atoms with E-state index in [1.54, 1.807) is 0 Å². The topological polar surface area (TPSA) is 129 Å². The smallest absolute Gasteiger partial charge is 0.322 e. The molecule has 0 aromatic heterocycles. The number of amides is 2. The first-order valence-corrected chi connectivity index (χ1v) is 4.40. The molecule has 1 fully saturated rings. The number of nitrogens with zero attached hydrogens (tertiary/aromatic N) is 1. The minimum Gasteiger partial charge on any atom is -0.394 e. The zero-order valence-corrected chi connectivity index (χ0v) is 7.96. The Morgan fingerprint density at radius 3 is 3.00 bits per heavy atom. The molecule has 0 saturated carbocycles.